The summed E-state index contributed by atoms with van der Waals surface area (Å²) < 4.78 is 66.6. The summed E-state index contributed by atoms with van der Waals surface area (Å²) in [5.41, 5.74) is -0.291. The van der Waals surface area contributed by atoms with Gasteiger partial charge in [0.2, 0.25) is 0 Å². The van der Waals surface area contributed by atoms with Gasteiger partial charge in [-0.3, -0.25) is 0 Å². The molecule has 0 aliphatic carbocycles. The Balaban J connectivity index is 0.00000392. The smallest absolute Gasteiger partial charge is 0.434 e. The minimum Gasteiger partial charge on any atom is -0.435 e. The Labute approximate surface area is 179 Å². The molecule has 0 saturated carbocycles. The van der Waals surface area contributed by atoms with Crippen molar-refractivity contribution in [3.8, 4) is 5.75 Å². The Morgan fingerprint density at radius 1 is 1.29 bits per heavy atom. The van der Waals surface area contributed by atoms with Crippen molar-refractivity contribution in [2.24, 2.45) is 4.99 Å². The number of hydrogen-bond donors (Lipinski definition) is 2. The van der Waals surface area contributed by atoms with E-state index in [1.165, 1.54) is 12.1 Å². The number of benzene rings is 1. The van der Waals surface area contributed by atoms with Crippen LogP contribution in [0.2, 0.25) is 0 Å². The Bertz CT molecular complexity index is 769. The van der Waals surface area contributed by atoms with Crippen molar-refractivity contribution in [3.05, 3.63) is 45.9 Å². The number of halogens is 6. The molecule has 0 amide bonds. The number of rotatable bonds is 7. The summed E-state index contributed by atoms with van der Waals surface area (Å²) in [6.45, 7) is -0.309. The normalized spacial score (nSPS) is 11.9. The summed E-state index contributed by atoms with van der Waals surface area (Å²) in [4.78, 5) is 7.81. The minimum atomic E-state index is -4.47. The van der Waals surface area contributed by atoms with E-state index in [2.05, 4.69) is 25.3 Å². The number of nitrogens with zero attached hydrogens (tertiary/aromatic N) is 2. The first-order chi connectivity index (χ1) is 12.8. The van der Waals surface area contributed by atoms with Crippen LogP contribution in [0.25, 0.3) is 0 Å². The van der Waals surface area contributed by atoms with Gasteiger partial charge in [0.15, 0.2) is 11.7 Å². The highest BCUT2D eigenvalue weighted by atomic mass is 127. The van der Waals surface area contributed by atoms with Crippen molar-refractivity contribution in [1.29, 1.82) is 0 Å². The maximum atomic E-state index is 12.6. The third kappa shape index (κ3) is 8.12. The Morgan fingerprint density at radius 3 is 2.64 bits per heavy atom. The summed E-state index contributed by atoms with van der Waals surface area (Å²) in [6, 6.07) is 6.11. The Morgan fingerprint density at radius 2 is 2.04 bits per heavy atom. The van der Waals surface area contributed by atoms with Gasteiger partial charge in [0.05, 0.1) is 13.1 Å². The lowest BCUT2D eigenvalue weighted by Gasteiger charge is -2.10. The highest BCUT2D eigenvalue weighted by Gasteiger charge is 2.33. The lowest BCUT2D eigenvalue weighted by atomic mass is 10.2. The molecule has 0 atom stereocenters. The van der Waals surface area contributed by atoms with E-state index in [1.54, 1.807) is 12.1 Å². The van der Waals surface area contributed by atoms with Crippen LogP contribution in [0.1, 0.15) is 23.2 Å². The van der Waals surface area contributed by atoms with Crippen molar-refractivity contribution in [2.75, 3.05) is 6.54 Å². The van der Waals surface area contributed by atoms with Gasteiger partial charge >= 0.3 is 12.8 Å². The molecule has 5 nitrogen and oxygen atoms in total. The van der Waals surface area contributed by atoms with E-state index in [4.69, 9.17) is 0 Å². The van der Waals surface area contributed by atoms with E-state index in [9.17, 15) is 22.0 Å². The zero-order chi connectivity index (χ0) is 19.9. The largest absolute Gasteiger partial charge is 0.435 e. The van der Waals surface area contributed by atoms with Crippen molar-refractivity contribution in [1.82, 2.24) is 15.6 Å². The zero-order valence-corrected chi connectivity index (χ0v) is 17.7. The van der Waals surface area contributed by atoms with Crippen molar-refractivity contribution < 1.29 is 26.7 Å². The van der Waals surface area contributed by atoms with E-state index in [-0.39, 0.29) is 47.8 Å². The van der Waals surface area contributed by atoms with Crippen LogP contribution in [0.5, 0.6) is 5.75 Å². The topological polar surface area (TPSA) is 58.5 Å². The van der Waals surface area contributed by atoms with Gasteiger partial charge in [-0.15, -0.1) is 35.3 Å². The average molecular weight is 536 g/mol. The van der Waals surface area contributed by atoms with Crippen LogP contribution >= 0.6 is 35.3 Å². The molecule has 1 aromatic carbocycles. The molecule has 2 rings (SSSR count). The number of hydrogen-bond acceptors (Lipinski definition) is 4. The van der Waals surface area contributed by atoms with Crippen LogP contribution in [0.4, 0.5) is 22.0 Å². The van der Waals surface area contributed by atoms with Crippen molar-refractivity contribution in [2.45, 2.75) is 32.8 Å². The van der Waals surface area contributed by atoms with Crippen LogP contribution in [-0.4, -0.2) is 24.1 Å². The fourth-order valence-electron chi connectivity index (χ4n) is 2.01. The first kappa shape index (κ1) is 24.3. The fourth-order valence-corrected chi connectivity index (χ4v) is 2.75. The maximum Gasteiger partial charge on any atom is 0.434 e. The summed E-state index contributed by atoms with van der Waals surface area (Å²) in [7, 11) is 0. The van der Waals surface area contributed by atoms with Gasteiger partial charge in [-0.25, -0.2) is 9.98 Å². The second-order valence-electron chi connectivity index (χ2n) is 5.20. The standard InChI is InChI=1S/C16H17F5N4OS.HI/c1-2-22-15(24-8-13-25-12(9-27-13)16(19,20)21)23-7-10-4-3-5-11(6-10)26-14(17)18;/h3-6,9,14H,2,7-8H2,1H3,(H2,22,23,24);1H. The number of ether oxygens (including phenoxy) is 1. The summed E-state index contributed by atoms with van der Waals surface area (Å²) in [5.74, 6) is 0.388. The SMILES string of the molecule is CCNC(=NCc1cccc(OC(F)F)c1)NCc1nc(C(F)(F)F)cs1.I. The number of guanidine groups is 1. The highest BCUT2D eigenvalue weighted by Crippen LogP contribution is 2.29. The zero-order valence-electron chi connectivity index (χ0n) is 14.6. The average Bonchev–Trinajstić information content (AvgIpc) is 3.06. The third-order valence-electron chi connectivity index (χ3n) is 3.14. The van der Waals surface area contributed by atoms with E-state index in [0.29, 0.717) is 18.1 Å². The second-order valence-corrected chi connectivity index (χ2v) is 6.14. The summed E-state index contributed by atoms with van der Waals surface area (Å²) in [6.07, 6.45) is -4.47. The lowest BCUT2D eigenvalue weighted by molar-refractivity contribution is -0.140. The van der Waals surface area contributed by atoms with Gasteiger partial charge in [0, 0.05) is 11.9 Å². The molecule has 156 valence electrons. The van der Waals surface area contributed by atoms with E-state index in [0.717, 1.165) is 16.7 Å². The Hall–Kier alpha value is -1.70. The van der Waals surface area contributed by atoms with Crippen molar-refractivity contribution in [3.63, 3.8) is 0 Å². The molecular formula is C16H18F5IN4OS. The monoisotopic (exact) mass is 536 g/mol. The molecule has 1 heterocycles. The summed E-state index contributed by atoms with van der Waals surface area (Å²) in [5, 5.41) is 7.05. The molecule has 0 saturated heterocycles. The molecular weight excluding hydrogens is 518 g/mol. The minimum absolute atomic E-state index is 0. The molecule has 28 heavy (non-hydrogen) atoms. The van der Waals surface area contributed by atoms with Gasteiger partial charge in [0.25, 0.3) is 0 Å². The number of thiazole rings is 1. The van der Waals surface area contributed by atoms with Gasteiger partial charge in [-0.05, 0) is 24.6 Å². The number of nitrogens with one attached hydrogen (secondary N) is 2. The molecule has 0 radical (unpaired) electrons. The van der Waals surface area contributed by atoms with E-state index >= 15 is 0 Å². The van der Waals surface area contributed by atoms with Gasteiger partial charge in [0.1, 0.15) is 10.8 Å². The van der Waals surface area contributed by atoms with Gasteiger partial charge in [-0.2, -0.15) is 22.0 Å². The molecule has 0 aliphatic rings. The summed E-state index contributed by atoms with van der Waals surface area (Å²) >= 11 is 0.895. The Kier molecular flexibility index (Phi) is 9.85. The molecule has 12 heteroatoms. The third-order valence-corrected chi connectivity index (χ3v) is 3.99. The van der Waals surface area contributed by atoms with Crippen LogP contribution in [0, 0.1) is 0 Å². The molecule has 1 aromatic heterocycles. The van der Waals surface area contributed by atoms with Crippen LogP contribution in [0.3, 0.4) is 0 Å². The predicted octanol–water partition coefficient (Wildman–Crippen LogP) is 4.64. The molecule has 0 spiro atoms. The van der Waals surface area contributed by atoms with Crippen LogP contribution in [0.15, 0.2) is 34.6 Å². The van der Waals surface area contributed by atoms with E-state index in [1.807, 2.05) is 6.92 Å². The van der Waals surface area contributed by atoms with E-state index < -0.39 is 18.5 Å². The fraction of sp³-hybridized carbons (Fsp3) is 0.375. The quantitative estimate of drug-likeness (QED) is 0.235. The van der Waals surface area contributed by atoms with Gasteiger partial charge < -0.3 is 15.4 Å². The predicted molar refractivity (Wildman–Crippen MR) is 107 cm³/mol. The number of alkyl halides is 5. The molecule has 0 fully saturated rings. The number of aliphatic imine (C=N–C) groups is 1. The van der Waals surface area contributed by atoms with Crippen LogP contribution in [-0.2, 0) is 19.3 Å². The first-order valence-corrected chi connectivity index (χ1v) is 8.73. The number of aromatic nitrogens is 1. The molecule has 0 aliphatic heterocycles. The highest BCUT2D eigenvalue weighted by molar-refractivity contribution is 14.0. The molecule has 0 bridgehead atoms. The van der Waals surface area contributed by atoms with Crippen molar-refractivity contribution >= 4 is 41.3 Å². The van der Waals surface area contributed by atoms with Crippen LogP contribution < -0.4 is 15.4 Å². The molecule has 0 unspecified atom stereocenters. The molecule has 2 N–H and O–H groups in total. The first-order valence-electron chi connectivity index (χ1n) is 7.85. The second kappa shape index (κ2) is 11.3. The lowest BCUT2D eigenvalue weighted by Crippen LogP contribution is -2.36. The maximum absolute atomic E-state index is 12.6. The molecule has 2 aromatic rings. The van der Waals surface area contributed by atoms with Gasteiger partial charge in [-0.1, -0.05) is 12.1 Å².